The maximum atomic E-state index is 11.8. The Labute approximate surface area is 736 Å². The van der Waals surface area contributed by atoms with Gasteiger partial charge in [0.2, 0.25) is 0 Å². The first-order valence-electron chi connectivity index (χ1n) is 38.3. The largest absolute Gasteiger partial charge is 1.00 e. The molecule has 25 nitrogen and oxygen atoms in total. The minimum absolute atomic E-state index is 0. The molecular weight excluding hydrogens is 1540 g/mol. The molecule has 0 amide bonds. The minimum Gasteiger partial charge on any atom is -0.870 e. The van der Waals surface area contributed by atoms with E-state index >= 15 is 0 Å². The van der Waals surface area contributed by atoms with Crippen LogP contribution < -0.4 is 59.4 Å². The van der Waals surface area contributed by atoms with E-state index in [4.69, 9.17) is 40.6 Å². The number of nitrogens with one attached hydrogen (secondary N) is 2. The molecule has 0 aromatic heterocycles. The number of nitrogens with zero attached hydrogens (tertiary/aromatic N) is 2. The van der Waals surface area contributed by atoms with E-state index in [1.807, 2.05) is 105 Å². The molecule has 5 unspecified atom stereocenters. The zero-order valence-corrected chi connectivity index (χ0v) is 72.4. The quantitative estimate of drug-likeness (QED) is 0.00380. The van der Waals surface area contributed by atoms with Crippen LogP contribution in [-0.4, -0.2) is 186 Å². The van der Waals surface area contributed by atoms with Gasteiger partial charge in [0.25, 0.3) is 0 Å². The Bertz CT molecular complexity index is 2990. The third-order valence-electron chi connectivity index (χ3n) is 19.6. The van der Waals surface area contributed by atoms with Gasteiger partial charge in [0.1, 0.15) is 24.4 Å². The summed E-state index contributed by atoms with van der Waals surface area (Å²) in [5, 5.41) is 68.4. The molecule has 3 fully saturated rings. The van der Waals surface area contributed by atoms with Gasteiger partial charge >= 0.3 is 90.2 Å². The van der Waals surface area contributed by atoms with Gasteiger partial charge in [0, 0.05) is 143 Å². The second-order valence-electron chi connectivity index (χ2n) is 27.4. The summed E-state index contributed by atoms with van der Waals surface area (Å²) in [4.78, 5) is 83.5. The van der Waals surface area contributed by atoms with E-state index < -0.39 is 18.2 Å². The van der Waals surface area contributed by atoms with E-state index in [0.29, 0.717) is 87.2 Å². The van der Waals surface area contributed by atoms with Crippen LogP contribution in [-0.2, 0) is 66.7 Å². The van der Waals surface area contributed by atoms with Crippen LogP contribution in [0.4, 0.5) is 0 Å². The van der Waals surface area contributed by atoms with Crippen LogP contribution in [0, 0.1) is 47.3 Å². The predicted molar refractivity (Wildman–Crippen MR) is 445 cm³/mol. The number of hydrogen-bond acceptors (Lipinski definition) is 27. The number of benzene rings is 3. The molecule has 3 aliphatic carbocycles. The molecule has 6 rings (SSSR count). The molecule has 115 heavy (non-hydrogen) atoms. The monoisotopic (exact) mass is 1680 g/mol. The van der Waals surface area contributed by atoms with Crippen molar-refractivity contribution in [2.24, 2.45) is 40.7 Å². The van der Waals surface area contributed by atoms with Crippen LogP contribution in [0.5, 0.6) is 0 Å². The normalized spacial score (nSPS) is 20.3. The number of hydrogen-bond donors (Lipinski definition) is 8. The Balaban J connectivity index is -0.000000363. The molecule has 3 aromatic carbocycles. The number of aliphatic hydroxyl groups is 2. The number of carbonyl (C=O) groups is 7. The molecule has 31 heteroatoms. The van der Waals surface area contributed by atoms with E-state index in [0.717, 1.165) is 131 Å². The standard InChI is InChI=1S/C27H41NO7S.C27H39NO7S.C22H35NO5S.C4H10O.CN.3CH4.B.Li.Na.H2O/c2*1-19(29)34-21(18-36-22-11-7-6-8-12-22)15-16-23-24(13-9-4-5-10-14-27(31)33-3)26(35-20(2)30)17-25(23)28-32;24-16(15-29-17-8-4-3-5-9-17)12-13-18-19(21(25)14-20(18)23-28)10-6-1-2-7-11-22(26)27;1-3-5-4-2;1-2;;;;;;;/h6-8,11-12,21,23-26,28,32H,4-5,9-10,13-18H2,1-3H3;6-8,11-12,21,23-24,26,32H,4-5,9-10,13-18H2,1-3H3;3-5,8-9,16,18-21,23-25,28H,1-2,6-7,10-15H2,(H,26,27);3-4H2,1-2H3;;3*1H4;;;;1H2/q;;;;-1;;;;;2*+1;/p-1/b;28-25-;;;;;;;;;;/t21?,23-,24-,25?,26+;21?,23-,24-,26+;16?,18-,19-,20?,21+;;;;;;;;;/m111........./s1. The van der Waals surface area contributed by atoms with Crippen LogP contribution in [0.2, 0.25) is 0 Å². The Morgan fingerprint density at radius 3 is 1.29 bits per heavy atom. The number of rotatable bonds is 47. The fourth-order valence-electron chi connectivity index (χ4n) is 14.5. The second-order valence-corrected chi connectivity index (χ2v) is 30.7. The van der Waals surface area contributed by atoms with Crippen molar-refractivity contribution in [1.29, 1.82) is 5.26 Å². The number of carboxylic acids is 1. The summed E-state index contributed by atoms with van der Waals surface area (Å²) in [5.41, 5.74) is 5.44. The third-order valence-corrected chi connectivity index (χ3v) is 23.0. The van der Waals surface area contributed by atoms with Crippen molar-refractivity contribution in [3.8, 4) is 0 Å². The van der Waals surface area contributed by atoms with Gasteiger partial charge in [0.15, 0.2) is 0 Å². The van der Waals surface area contributed by atoms with Gasteiger partial charge in [-0.2, -0.15) is 0 Å². The number of ether oxygens (including phenoxy) is 7. The van der Waals surface area contributed by atoms with Crippen molar-refractivity contribution < 1.29 is 152 Å². The van der Waals surface area contributed by atoms with Gasteiger partial charge < -0.3 is 81.4 Å². The summed E-state index contributed by atoms with van der Waals surface area (Å²) in [5.74, 6) is -0.163. The number of thioether (sulfide) groups is 3. The van der Waals surface area contributed by atoms with E-state index in [1.54, 1.807) is 35.3 Å². The van der Waals surface area contributed by atoms with Gasteiger partial charge in [-0.1, -0.05) is 140 Å². The molecule has 14 atom stereocenters. The van der Waals surface area contributed by atoms with Crippen molar-refractivity contribution in [3.63, 3.8) is 0 Å². The van der Waals surface area contributed by atoms with E-state index in [1.165, 1.54) is 41.9 Å². The number of oxime groups is 1. The zero-order valence-electron chi connectivity index (χ0n) is 67.9. The van der Waals surface area contributed by atoms with Crippen molar-refractivity contribution in [2.45, 2.75) is 301 Å². The number of hydroxylamine groups is 2. The molecule has 0 heterocycles. The summed E-state index contributed by atoms with van der Waals surface area (Å²) < 4.78 is 36.7. The van der Waals surface area contributed by atoms with Crippen LogP contribution >= 0.6 is 35.3 Å². The average Bonchev–Trinajstić information content (AvgIpc) is 1.70. The topological polar surface area (TPSA) is 396 Å². The summed E-state index contributed by atoms with van der Waals surface area (Å²) >= 11 is 4.92. The first kappa shape index (κ1) is 121. The van der Waals surface area contributed by atoms with Crippen LogP contribution in [0.25, 0.3) is 0 Å². The maximum absolute atomic E-state index is 11.8. The van der Waals surface area contributed by atoms with Gasteiger partial charge in [0.05, 0.1) is 32.1 Å². The summed E-state index contributed by atoms with van der Waals surface area (Å²) in [7, 11) is 2.79. The number of carbonyl (C=O) groups excluding carboxylic acids is 6. The average molecular weight is 1680 g/mol. The van der Waals surface area contributed by atoms with Crippen molar-refractivity contribution in [3.05, 3.63) is 97.6 Å². The van der Waals surface area contributed by atoms with Crippen LogP contribution in [0.3, 0.4) is 0 Å². The van der Waals surface area contributed by atoms with Gasteiger partial charge in [-0.25, -0.2) is 11.0 Å². The fraction of sp³-hybridized carbons (Fsp3) is 0.679. The molecule has 643 valence electrons. The van der Waals surface area contributed by atoms with Crippen LogP contribution in [0.15, 0.2) is 111 Å². The number of carboxylic acid groups (broad SMARTS) is 1. The van der Waals surface area contributed by atoms with Gasteiger partial charge in [-0.05, 0) is 151 Å². The first-order valence-corrected chi connectivity index (χ1v) is 41.3. The Morgan fingerprint density at radius 2 is 0.896 bits per heavy atom. The minimum atomic E-state index is -0.753. The molecule has 3 radical (unpaired) electrons. The van der Waals surface area contributed by atoms with E-state index in [-0.39, 0.29) is 199 Å². The predicted octanol–water partition coefficient (Wildman–Crippen LogP) is 10.5. The third kappa shape index (κ3) is 54.3. The molecule has 3 aliphatic rings. The molecular formula is C84H138BLiN4NaO21S3. The number of unbranched alkanes of at least 4 members (excludes halogenated alkanes) is 9. The molecule has 0 aliphatic heterocycles. The fourth-order valence-corrected chi connectivity index (χ4v) is 17.3. The summed E-state index contributed by atoms with van der Waals surface area (Å²) in [6.07, 6.45) is 17.8. The molecule has 0 bridgehead atoms. The van der Waals surface area contributed by atoms with Crippen molar-refractivity contribution in [1.82, 2.24) is 11.0 Å². The molecule has 0 spiro atoms. The number of esters is 6. The Hall–Kier alpha value is -4.70. The second kappa shape index (κ2) is 75.5. The van der Waals surface area contributed by atoms with E-state index in [2.05, 4.69) is 25.6 Å². The summed E-state index contributed by atoms with van der Waals surface area (Å²) in [6, 6.07) is 29.6. The number of methoxy groups -OCH3 is 2. The molecule has 3 aromatic rings. The SMILES string of the molecule is C.C.C.CCOCC.COC(=O)CCCCCC[C@H]1[C@@H](OC(C)=O)C/C(=N/O)[C@@H]1CCC(CSc1ccccc1)OC(C)=O.COC(=O)CCCCCC[C@H]1[C@@H](OC(C)=O)CC(NO)[C@@H]1CCC(CSc1ccccc1)OC(C)=O.O=C(O)CCCCCC[C@H]1[C@@H](O)CC(NO)[C@@H]1CCC(O)CSc1ccccc1.[B].[C-]#N.[Li+].[Na+].[OH-]. The Morgan fingerprint density at radius 1 is 0.522 bits per heavy atom. The molecule has 9 N–H and O–H groups in total. The maximum Gasteiger partial charge on any atom is 1.00 e. The zero-order chi connectivity index (χ0) is 79.9. The van der Waals surface area contributed by atoms with Gasteiger partial charge in [-0.15, -0.1) is 35.3 Å². The number of aliphatic hydroxyl groups excluding tert-OH is 2. The van der Waals surface area contributed by atoms with Gasteiger partial charge in [-0.3, -0.25) is 33.6 Å². The van der Waals surface area contributed by atoms with E-state index in [9.17, 15) is 59.4 Å². The summed E-state index contributed by atoms with van der Waals surface area (Å²) in [6.45, 7) is 16.1. The molecule has 3 saturated carbocycles. The van der Waals surface area contributed by atoms with Crippen LogP contribution in [0.1, 0.15) is 237 Å². The number of aliphatic carboxylic acids is 1. The first-order chi connectivity index (χ1) is 52.1. The molecule has 0 saturated heterocycles. The smallest absolute Gasteiger partial charge is 0.870 e. The van der Waals surface area contributed by atoms with Crippen molar-refractivity contribution in [2.75, 3.05) is 44.7 Å². The van der Waals surface area contributed by atoms with Crippen molar-refractivity contribution >= 4 is 91.2 Å². The Kier molecular flexibility index (Phi) is 79.5.